The zero-order valence-electron chi connectivity index (χ0n) is 8.55. The first kappa shape index (κ1) is 12.2. The molecule has 0 saturated heterocycles. The summed E-state index contributed by atoms with van der Waals surface area (Å²) in [5.74, 6) is 0.887. The van der Waals surface area contributed by atoms with Gasteiger partial charge >= 0.3 is 0 Å². The lowest BCUT2D eigenvalue weighted by atomic mass is 10.3. The standard InChI is InChI=1S/C10H15NO3S/c1-14-9-2-4-10(5-3-9)15(13)7-8(12)6-11/h2-5,8,12H,6-7,11H2,1H3. The summed E-state index contributed by atoms with van der Waals surface area (Å²) in [6.07, 6.45) is -0.715. The number of methoxy groups -OCH3 is 1. The Morgan fingerprint density at radius 3 is 2.53 bits per heavy atom. The van der Waals surface area contributed by atoms with Gasteiger partial charge in [0.1, 0.15) is 5.75 Å². The van der Waals surface area contributed by atoms with Crippen molar-refractivity contribution in [3.05, 3.63) is 24.3 Å². The lowest BCUT2D eigenvalue weighted by Gasteiger charge is -2.07. The number of hydrogen-bond acceptors (Lipinski definition) is 4. The summed E-state index contributed by atoms with van der Waals surface area (Å²) in [4.78, 5) is 0.670. The fourth-order valence-electron chi connectivity index (χ4n) is 1.07. The SMILES string of the molecule is COc1ccc(S(=O)CC(O)CN)cc1. The first-order chi connectivity index (χ1) is 7.17. The third-order valence-electron chi connectivity index (χ3n) is 1.94. The molecule has 3 N–H and O–H groups in total. The molecule has 0 aromatic heterocycles. The van der Waals surface area contributed by atoms with E-state index < -0.39 is 16.9 Å². The van der Waals surface area contributed by atoms with Crippen molar-refractivity contribution < 1.29 is 14.1 Å². The molecule has 0 aliphatic rings. The lowest BCUT2D eigenvalue weighted by Crippen LogP contribution is -2.25. The van der Waals surface area contributed by atoms with Gasteiger partial charge in [0.05, 0.1) is 29.8 Å². The van der Waals surface area contributed by atoms with Gasteiger partial charge in [-0.15, -0.1) is 0 Å². The number of ether oxygens (including phenoxy) is 1. The van der Waals surface area contributed by atoms with Crippen molar-refractivity contribution in [3.63, 3.8) is 0 Å². The third-order valence-corrected chi connectivity index (χ3v) is 3.42. The van der Waals surface area contributed by atoms with Crippen LogP contribution in [0.5, 0.6) is 5.75 Å². The summed E-state index contributed by atoms with van der Waals surface area (Å²) < 4.78 is 16.7. The van der Waals surface area contributed by atoms with Crippen LogP contribution in [0.15, 0.2) is 29.2 Å². The predicted octanol–water partition coefficient (Wildman–Crippen LogP) is 0.122. The molecule has 0 amide bonds. The monoisotopic (exact) mass is 229 g/mol. The Morgan fingerprint density at radius 2 is 2.07 bits per heavy atom. The van der Waals surface area contributed by atoms with E-state index in [2.05, 4.69) is 0 Å². The largest absolute Gasteiger partial charge is 0.497 e. The molecule has 1 aromatic carbocycles. The summed E-state index contributed by atoms with van der Waals surface area (Å²) in [6, 6.07) is 6.92. The maximum atomic E-state index is 11.7. The van der Waals surface area contributed by atoms with Gasteiger partial charge in [0.2, 0.25) is 0 Å². The summed E-state index contributed by atoms with van der Waals surface area (Å²) in [7, 11) is 0.364. The quantitative estimate of drug-likeness (QED) is 0.752. The smallest absolute Gasteiger partial charge is 0.118 e. The topological polar surface area (TPSA) is 72.5 Å². The van der Waals surface area contributed by atoms with Crippen molar-refractivity contribution in [2.24, 2.45) is 5.73 Å². The minimum Gasteiger partial charge on any atom is -0.497 e. The van der Waals surface area contributed by atoms with Crippen molar-refractivity contribution >= 4 is 10.8 Å². The van der Waals surface area contributed by atoms with Crippen LogP contribution in [0, 0.1) is 0 Å². The Balaban J connectivity index is 2.66. The van der Waals surface area contributed by atoms with Gasteiger partial charge in [0.15, 0.2) is 0 Å². The molecule has 4 nitrogen and oxygen atoms in total. The van der Waals surface area contributed by atoms with Gasteiger partial charge < -0.3 is 15.6 Å². The van der Waals surface area contributed by atoms with Gasteiger partial charge in [-0.3, -0.25) is 4.21 Å². The van der Waals surface area contributed by atoms with Crippen molar-refractivity contribution in [1.29, 1.82) is 0 Å². The highest BCUT2D eigenvalue weighted by molar-refractivity contribution is 7.85. The molecule has 2 unspecified atom stereocenters. The van der Waals surface area contributed by atoms with E-state index in [0.29, 0.717) is 4.90 Å². The van der Waals surface area contributed by atoms with Gasteiger partial charge in [0, 0.05) is 11.4 Å². The Bertz CT molecular complexity index is 326. The van der Waals surface area contributed by atoms with Crippen LogP contribution in [0.4, 0.5) is 0 Å². The highest BCUT2D eigenvalue weighted by Gasteiger charge is 2.09. The molecule has 0 aliphatic carbocycles. The van der Waals surface area contributed by atoms with E-state index in [9.17, 15) is 9.32 Å². The Morgan fingerprint density at radius 1 is 1.47 bits per heavy atom. The van der Waals surface area contributed by atoms with E-state index in [1.165, 1.54) is 0 Å². The second-order valence-electron chi connectivity index (χ2n) is 3.08. The molecule has 0 heterocycles. The van der Waals surface area contributed by atoms with Crippen molar-refractivity contribution in [2.75, 3.05) is 19.4 Å². The minimum atomic E-state index is -1.21. The van der Waals surface area contributed by atoms with Crippen LogP contribution in [0.2, 0.25) is 0 Å². The molecule has 0 aliphatic heterocycles. The molecule has 5 heteroatoms. The van der Waals surface area contributed by atoms with Crippen LogP contribution in [0.1, 0.15) is 0 Å². The van der Waals surface area contributed by atoms with Crippen LogP contribution in [-0.2, 0) is 10.8 Å². The maximum absolute atomic E-state index is 11.7. The number of nitrogens with two attached hydrogens (primary N) is 1. The second-order valence-corrected chi connectivity index (χ2v) is 4.57. The molecule has 15 heavy (non-hydrogen) atoms. The second kappa shape index (κ2) is 5.85. The number of rotatable bonds is 5. The van der Waals surface area contributed by atoms with Crippen LogP contribution in [0.25, 0.3) is 0 Å². The molecule has 0 fully saturated rings. The minimum absolute atomic E-state index is 0.127. The van der Waals surface area contributed by atoms with Gasteiger partial charge in [-0.2, -0.15) is 0 Å². The van der Waals surface area contributed by atoms with Crippen molar-refractivity contribution in [1.82, 2.24) is 0 Å². The fraction of sp³-hybridized carbons (Fsp3) is 0.400. The fourth-order valence-corrected chi connectivity index (χ4v) is 2.18. The van der Waals surface area contributed by atoms with Gasteiger partial charge in [0.25, 0.3) is 0 Å². The summed E-state index contributed by atoms with van der Waals surface area (Å²) in [5.41, 5.74) is 5.24. The van der Waals surface area contributed by atoms with Crippen LogP contribution in [0.3, 0.4) is 0 Å². The van der Waals surface area contributed by atoms with Crippen molar-refractivity contribution in [3.8, 4) is 5.75 Å². The number of benzene rings is 1. The predicted molar refractivity (Wildman–Crippen MR) is 59.3 cm³/mol. The molecular weight excluding hydrogens is 214 g/mol. The normalized spacial score (nSPS) is 14.6. The van der Waals surface area contributed by atoms with E-state index in [0.717, 1.165) is 5.75 Å². The highest BCUT2D eigenvalue weighted by atomic mass is 32.2. The molecule has 1 aromatic rings. The van der Waals surface area contributed by atoms with E-state index in [1.54, 1.807) is 31.4 Å². The number of aliphatic hydroxyl groups is 1. The average Bonchev–Trinajstić information content (AvgIpc) is 2.29. The molecule has 0 saturated carbocycles. The molecular formula is C10H15NO3S. The molecule has 0 radical (unpaired) electrons. The first-order valence-corrected chi connectivity index (χ1v) is 5.90. The van der Waals surface area contributed by atoms with Gasteiger partial charge in [-0.25, -0.2) is 0 Å². The molecule has 0 spiro atoms. The Hall–Kier alpha value is -0.910. The summed E-state index contributed by atoms with van der Waals surface area (Å²) in [6.45, 7) is 0.127. The van der Waals surface area contributed by atoms with Crippen LogP contribution in [-0.4, -0.2) is 34.8 Å². The average molecular weight is 229 g/mol. The van der Waals surface area contributed by atoms with E-state index in [1.807, 2.05) is 0 Å². The molecule has 2 atom stereocenters. The van der Waals surface area contributed by atoms with Crippen molar-refractivity contribution in [2.45, 2.75) is 11.0 Å². The Kier molecular flexibility index (Phi) is 4.74. The molecule has 0 bridgehead atoms. The number of hydrogen-bond donors (Lipinski definition) is 2. The maximum Gasteiger partial charge on any atom is 0.118 e. The summed E-state index contributed by atoms with van der Waals surface area (Å²) in [5, 5.41) is 9.25. The Labute approximate surface area is 91.5 Å². The zero-order chi connectivity index (χ0) is 11.3. The van der Waals surface area contributed by atoms with E-state index >= 15 is 0 Å². The molecule has 84 valence electrons. The summed E-state index contributed by atoms with van der Waals surface area (Å²) >= 11 is 0. The van der Waals surface area contributed by atoms with E-state index in [-0.39, 0.29) is 12.3 Å². The van der Waals surface area contributed by atoms with Gasteiger partial charge in [-0.05, 0) is 24.3 Å². The zero-order valence-corrected chi connectivity index (χ0v) is 9.37. The first-order valence-electron chi connectivity index (χ1n) is 4.58. The van der Waals surface area contributed by atoms with Crippen LogP contribution < -0.4 is 10.5 Å². The number of aliphatic hydroxyl groups excluding tert-OH is 1. The van der Waals surface area contributed by atoms with E-state index in [4.69, 9.17) is 10.5 Å². The molecule has 1 rings (SSSR count). The highest BCUT2D eigenvalue weighted by Crippen LogP contribution is 2.14. The third kappa shape index (κ3) is 3.62. The van der Waals surface area contributed by atoms with Crippen LogP contribution >= 0.6 is 0 Å². The lowest BCUT2D eigenvalue weighted by molar-refractivity contribution is 0.207. The van der Waals surface area contributed by atoms with Gasteiger partial charge in [-0.1, -0.05) is 0 Å².